The molecular weight excluding hydrogens is 352 g/mol. The number of pyridine rings is 1. The molecule has 0 saturated heterocycles. The first-order valence-corrected chi connectivity index (χ1v) is 7.44. The Bertz CT molecular complexity index is 724. The second-order valence-electron chi connectivity index (χ2n) is 4.53. The van der Waals surface area contributed by atoms with Gasteiger partial charge in [-0.25, -0.2) is 14.6 Å². The van der Waals surface area contributed by atoms with E-state index in [-0.39, 0.29) is 12.3 Å². The number of nitrogens with one attached hydrogen (secondary N) is 1. The molecule has 0 aliphatic heterocycles. The zero-order valence-corrected chi connectivity index (χ0v) is 14.0. The topological polar surface area (TPSA) is 81.3 Å². The third-order valence-corrected chi connectivity index (χ3v) is 3.64. The zero-order valence-electron chi connectivity index (χ0n) is 12.4. The fourth-order valence-electron chi connectivity index (χ4n) is 2.06. The summed E-state index contributed by atoms with van der Waals surface area (Å²) in [6, 6.07) is 3.27. The Balaban J connectivity index is 2.30. The number of aryl methyl sites for hydroxylation is 1. The Morgan fingerprint density at radius 3 is 2.68 bits per heavy atom. The fourth-order valence-corrected chi connectivity index (χ4v) is 2.39. The highest BCUT2D eigenvalue weighted by molar-refractivity contribution is 9.10. The normalized spacial score (nSPS) is 10.4. The van der Waals surface area contributed by atoms with Crippen molar-refractivity contribution in [1.29, 1.82) is 0 Å². The van der Waals surface area contributed by atoms with Crippen molar-refractivity contribution in [2.24, 2.45) is 0 Å². The van der Waals surface area contributed by atoms with E-state index in [4.69, 9.17) is 9.47 Å². The molecule has 6 nitrogen and oxygen atoms in total. The van der Waals surface area contributed by atoms with Crippen molar-refractivity contribution in [3.63, 3.8) is 0 Å². The van der Waals surface area contributed by atoms with Crippen LogP contribution in [0.15, 0.2) is 22.9 Å². The lowest BCUT2D eigenvalue weighted by molar-refractivity contribution is 0.0525. The van der Waals surface area contributed by atoms with E-state index in [0.29, 0.717) is 27.2 Å². The molecule has 0 radical (unpaired) electrons. The molecule has 0 unspecified atom stereocenters. The number of esters is 2. The molecule has 0 atom stereocenters. The molecule has 2 rings (SSSR count). The number of aromatic nitrogens is 2. The van der Waals surface area contributed by atoms with Gasteiger partial charge in [-0.15, -0.1) is 0 Å². The summed E-state index contributed by atoms with van der Waals surface area (Å²) < 4.78 is 10.7. The van der Waals surface area contributed by atoms with Crippen LogP contribution in [0.4, 0.5) is 0 Å². The van der Waals surface area contributed by atoms with Gasteiger partial charge in [-0.05, 0) is 54.4 Å². The van der Waals surface area contributed by atoms with E-state index in [1.54, 1.807) is 39.1 Å². The van der Waals surface area contributed by atoms with Crippen molar-refractivity contribution in [1.82, 2.24) is 9.97 Å². The lowest BCUT2D eigenvalue weighted by Crippen LogP contribution is -2.12. The molecule has 2 aromatic heterocycles. The monoisotopic (exact) mass is 366 g/mol. The Hall–Kier alpha value is -2.15. The predicted octanol–water partition coefficient (Wildman–Crippen LogP) is 3.18. The van der Waals surface area contributed by atoms with Gasteiger partial charge in [0.2, 0.25) is 0 Å². The quantitative estimate of drug-likeness (QED) is 0.663. The van der Waals surface area contributed by atoms with Crippen LogP contribution >= 0.6 is 15.9 Å². The van der Waals surface area contributed by atoms with Crippen molar-refractivity contribution in [3.8, 4) is 5.75 Å². The molecule has 0 aromatic carbocycles. The zero-order chi connectivity index (χ0) is 16.3. The largest absolute Gasteiger partial charge is 0.462 e. The maximum atomic E-state index is 12.3. The fraction of sp³-hybridized carbons (Fsp3) is 0.267. The van der Waals surface area contributed by atoms with Gasteiger partial charge in [0, 0.05) is 11.9 Å². The van der Waals surface area contributed by atoms with Crippen LogP contribution in [0.25, 0.3) is 0 Å². The van der Waals surface area contributed by atoms with Gasteiger partial charge in [0.25, 0.3) is 0 Å². The summed E-state index contributed by atoms with van der Waals surface area (Å²) in [4.78, 5) is 31.1. The average molecular weight is 367 g/mol. The summed E-state index contributed by atoms with van der Waals surface area (Å²) in [5, 5.41) is 0. The maximum absolute atomic E-state index is 12.3. The van der Waals surface area contributed by atoms with Gasteiger partial charge in [0.15, 0.2) is 5.75 Å². The molecule has 0 spiro atoms. The molecular formula is C15H15BrN2O4. The van der Waals surface area contributed by atoms with Crippen molar-refractivity contribution < 1.29 is 19.1 Å². The van der Waals surface area contributed by atoms with Gasteiger partial charge in [0.05, 0.1) is 12.2 Å². The van der Waals surface area contributed by atoms with Gasteiger partial charge >= 0.3 is 11.9 Å². The van der Waals surface area contributed by atoms with Gasteiger partial charge in [-0.1, -0.05) is 0 Å². The second-order valence-corrected chi connectivity index (χ2v) is 5.28. The molecule has 116 valence electrons. The number of hydrogen-bond acceptors (Lipinski definition) is 5. The molecule has 2 aromatic rings. The lowest BCUT2D eigenvalue weighted by atomic mass is 10.1. The molecule has 0 fully saturated rings. The third kappa shape index (κ3) is 3.19. The summed E-state index contributed by atoms with van der Waals surface area (Å²) in [5.74, 6) is -0.753. The van der Waals surface area contributed by atoms with E-state index >= 15 is 0 Å². The number of aromatic amines is 1. The van der Waals surface area contributed by atoms with E-state index in [9.17, 15) is 9.59 Å². The van der Waals surface area contributed by atoms with Gasteiger partial charge in [0.1, 0.15) is 10.3 Å². The van der Waals surface area contributed by atoms with Crippen molar-refractivity contribution in [2.45, 2.75) is 20.8 Å². The van der Waals surface area contributed by atoms with Crippen LogP contribution in [-0.4, -0.2) is 28.5 Å². The highest BCUT2D eigenvalue weighted by Crippen LogP contribution is 2.24. The Morgan fingerprint density at radius 2 is 2.05 bits per heavy atom. The van der Waals surface area contributed by atoms with Crippen LogP contribution in [0, 0.1) is 13.8 Å². The smallest absolute Gasteiger partial charge is 0.360 e. The Morgan fingerprint density at radius 1 is 1.32 bits per heavy atom. The van der Waals surface area contributed by atoms with Crippen LogP contribution in [0.1, 0.15) is 39.0 Å². The number of carbonyl (C=O) groups is 2. The van der Waals surface area contributed by atoms with Crippen molar-refractivity contribution in [2.75, 3.05) is 6.61 Å². The van der Waals surface area contributed by atoms with Crippen LogP contribution < -0.4 is 4.74 Å². The minimum Gasteiger partial charge on any atom is -0.462 e. The molecule has 0 saturated carbocycles. The number of hydrogen-bond donors (Lipinski definition) is 1. The minimum absolute atomic E-state index is 0.219. The molecule has 22 heavy (non-hydrogen) atoms. The van der Waals surface area contributed by atoms with Crippen LogP contribution in [-0.2, 0) is 4.74 Å². The first-order valence-electron chi connectivity index (χ1n) is 6.64. The number of ether oxygens (including phenoxy) is 2. The molecule has 7 heteroatoms. The van der Waals surface area contributed by atoms with Crippen LogP contribution in [0.2, 0.25) is 0 Å². The summed E-state index contributed by atoms with van der Waals surface area (Å²) >= 11 is 3.21. The van der Waals surface area contributed by atoms with Crippen molar-refractivity contribution in [3.05, 3.63) is 45.4 Å². The number of carbonyl (C=O) groups excluding carboxylic acids is 2. The number of nitrogens with zero attached hydrogens (tertiary/aromatic N) is 1. The highest BCUT2D eigenvalue weighted by atomic mass is 79.9. The average Bonchev–Trinajstić information content (AvgIpc) is 2.77. The van der Waals surface area contributed by atoms with Gasteiger partial charge < -0.3 is 14.5 Å². The summed E-state index contributed by atoms with van der Waals surface area (Å²) in [6.45, 7) is 5.37. The minimum atomic E-state index is -0.593. The molecule has 0 aliphatic carbocycles. The van der Waals surface area contributed by atoms with E-state index in [1.165, 1.54) is 0 Å². The Kier molecular flexibility index (Phi) is 4.97. The van der Waals surface area contributed by atoms with E-state index in [2.05, 4.69) is 25.9 Å². The standard InChI is InChI=1S/C15H15BrN2O4/c1-4-21-14(19)11-8(2)12(18-9(11)3)15(20)22-10-6-5-7-17-13(10)16/h5-7,18H,4H2,1-3H3. The van der Waals surface area contributed by atoms with Gasteiger partial charge in [-0.3, -0.25) is 0 Å². The van der Waals surface area contributed by atoms with E-state index < -0.39 is 11.9 Å². The Labute approximate surface area is 136 Å². The number of rotatable bonds is 4. The molecule has 0 aliphatic rings. The third-order valence-electron chi connectivity index (χ3n) is 3.05. The maximum Gasteiger partial charge on any atom is 0.360 e. The summed E-state index contributed by atoms with van der Waals surface area (Å²) in [5.41, 5.74) is 1.64. The number of halogens is 1. The SMILES string of the molecule is CCOC(=O)c1c(C)[nH]c(C(=O)Oc2cccnc2Br)c1C. The van der Waals surface area contributed by atoms with Crippen LogP contribution in [0.5, 0.6) is 5.75 Å². The summed E-state index contributed by atoms with van der Waals surface area (Å²) in [6.07, 6.45) is 1.57. The van der Waals surface area contributed by atoms with E-state index in [1.807, 2.05) is 0 Å². The van der Waals surface area contributed by atoms with Gasteiger partial charge in [-0.2, -0.15) is 0 Å². The van der Waals surface area contributed by atoms with Crippen molar-refractivity contribution >= 4 is 27.9 Å². The molecule has 2 heterocycles. The highest BCUT2D eigenvalue weighted by Gasteiger charge is 2.24. The first-order chi connectivity index (χ1) is 10.5. The molecule has 0 bridgehead atoms. The predicted molar refractivity (Wildman–Crippen MR) is 83.1 cm³/mol. The first kappa shape index (κ1) is 16.2. The summed E-state index contributed by atoms with van der Waals surface area (Å²) in [7, 11) is 0. The molecule has 0 amide bonds. The molecule has 1 N–H and O–H groups in total. The second kappa shape index (κ2) is 6.74. The van der Waals surface area contributed by atoms with E-state index in [0.717, 1.165) is 0 Å². The lowest BCUT2D eigenvalue weighted by Gasteiger charge is -2.05. The van der Waals surface area contributed by atoms with Crippen LogP contribution in [0.3, 0.4) is 0 Å². The number of H-pyrrole nitrogens is 1.